The number of nitrogens with two attached hydrogens (primary N) is 1. The molecule has 0 saturated heterocycles. The number of anilines is 1. The number of methoxy groups -OCH3 is 1. The van der Waals surface area contributed by atoms with Crippen molar-refractivity contribution in [2.24, 2.45) is 5.73 Å². The molecule has 4 N–H and O–H groups in total. The van der Waals surface area contributed by atoms with Crippen LogP contribution in [0.5, 0.6) is 5.75 Å². The Morgan fingerprint density at radius 2 is 1.84 bits per heavy atom. The molecular formula is C24H26N4O3. The van der Waals surface area contributed by atoms with Crippen LogP contribution in [0.25, 0.3) is 16.5 Å². The van der Waals surface area contributed by atoms with Gasteiger partial charge in [-0.25, -0.2) is 0 Å². The van der Waals surface area contributed by atoms with Crippen LogP contribution in [0.1, 0.15) is 25.8 Å². The molecule has 0 aliphatic carbocycles. The Balaban J connectivity index is 1.87. The van der Waals surface area contributed by atoms with E-state index in [2.05, 4.69) is 15.2 Å². The molecule has 0 atom stereocenters. The summed E-state index contributed by atoms with van der Waals surface area (Å²) < 4.78 is 7.48. The van der Waals surface area contributed by atoms with Crippen molar-refractivity contribution in [1.82, 2.24) is 9.88 Å². The monoisotopic (exact) mass is 418 g/mol. The lowest BCUT2D eigenvalue weighted by molar-refractivity contribution is -0.123. The molecule has 2 aromatic carbocycles. The summed E-state index contributed by atoms with van der Waals surface area (Å²) in [7, 11) is 1.60. The molecule has 0 bridgehead atoms. The highest BCUT2D eigenvalue weighted by Crippen LogP contribution is 2.34. The van der Waals surface area contributed by atoms with Crippen molar-refractivity contribution in [3.8, 4) is 5.75 Å². The van der Waals surface area contributed by atoms with E-state index in [1.807, 2.05) is 68.6 Å². The number of hydrogen-bond donors (Lipinski definition) is 3. The van der Waals surface area contributed by atoms with Crippen LogP contribution in [-0.2, 0) is 16.1 Å². The lowest BCUT2D eigenvalue weighted by Crippen LogP contribution is -2.33. The van der Waals surface area contributed by atoms with Crippen LogP contribution in [0.2, 0.25) is 0 Å². The van der Waals surface area contributed by atoms with E-state index in [0.29, 0.717) is 23.4 Å². The number of aryl methyl sites for hydroxylation is 1. The molecule has 31 heavy (non-hydrogen) atoms. The highest BCUT2D eigenvalue weighted by molar-refractivity contribution is 6.38. The molecule has 7 heteroatoms. The molecule has 7 nitrogen and oxygen atoms in total. The number of carbonyl (C=O) groups is 2. The van der Waals surface area contributed by atoms with Crippen molar-refractivity contribution in [3.63, 3.8) is 0 Å². The second-order valence-corrected chi connectivity index (χ2v) is 8.38. The maximum absolute atomic E-state index is 12.8. The summed E-state index contributed by atoms with van der Waals surface area (Å²) in [6, 6.07) is 15.0. The number of benzene rings is 2. The Bertz CT molecular complexity index is 1190. The average molecular weight is 418 g/mol. The summed E-state index contributed by atoms with van der Waals surface area (Å²) >= 11 is 0. The minimum absolute atomic E-state index is 0.234. The van der Waals surface area contributed by atoms with Gasteiger partial charge in [-0.3, -0.25) is 14.9 Å². The maximum atomic E-state index is 12.8. The van der Waals surface area contributed by atoms with Gasteiger partial charge in [0.25, 0.3) is 11.8 Å². The van der Waals surface area contributed by atoms with Crippen molar-refractivity contribution in [1.29, 1.82) is 0 Å². The van der Waals surface area contributed by atoms with Gasteiger partial charge in [-0.05, 0) is 50.6 Å². The van der Waals surface area contributed by atoms with Gasteiger partial charge in [0.2, 0.25) is 0 Å². The van der Waals surface area contributed by atoms with E-state index in [9.17, 15) is 9.59 Å². The molecule has 0 unspecified atom stereocenters. The standard InChI is InChI=1S/C24H26N4O3/c1-24(2,25)11-12-28-14-18(17-13-16(31-3)9-10-19(17)28)20-21(23(30)27-22(20)29)26-15-7-5-4-6-8-15/h4-10,13-14H,11-12,25H2,1-3H3,(H2,26,27,29,30). The van der Waals surface area contributed by atoms with Crippen molar-refractivity contribution in [2.45, 2.75) is 32.4 Å². The Kier molecular flexibility index (Phi) is 5.29. The van der Waals surface area contributed by atoms with Gasteiger partial charge < -0.3 is 20.4 Å². The van der Waals surface area contributed by atoms with Crippen molar-refractivity contribution in [2.75, 3.05) is 12.4 Å². The lowest BCUT2D eigenvalue weighted by atomic mass is 10.0. The third kappa shape index (κ3) is 4.18. The summed E-state index contributed by atoms with van der Waals surface area (Å²) in [6.07, 6.45) is 2.66. The third-order valence-electron chi connectivity index (χ3n) is 5.33. The van der Waals surface area contributed by atoms with Crippen LogP contribution in [0.15, 0.2) is 60.4 Å². The second-order valence-electron chi connectivity index (χ2n) is 8.38. The predicted molar refractivity (Wildman–Crippen MR) is 122 cm³/mol. The fourth-order valence-corrected chi connectivity index (χ4v) is 3.69. The van der Waals surface area contributed by atoms with Crippen molar-refractivity contribution in [3.05, 3.63) is 66.0 Å². The van der Waals surface area contributed by atoms with E-state index >= 15 is 0 Å². The number of imide groups is 1. The average Bonchev–Trinajstić information content (AvgIpc) is 3.22. The van der Waals surface area contributed by atoms with Crippen LogP contribution >= 0.6 is 0 Å². The normalized spacial score (nSPS) is 14.3. The highest BCUT2D eigenvalue weighted by Gasteiger charge is 2.33. The number of hydrogen-bond acceptors (Lipinski definition) is 5. The number of aromatic nitrogens is 1. The molecule has 2 amide bonds. The van der Waals surface area contributed by atoms with E-state index < -0.39 is 11.8 Å². The van der Waals surface area contributed by atoms with E-state index in [4.69, 9.17) is 10.5 Å². The molecule has 0 spiro atoms. The summed E-state index contributed by atoms with van der Waals surface area (Å²) in [6.45, 7) is 4.64. The largest absolute Gasteiger partial charge is 0.497 e. The zero-order chi connectivity index (χ0) is 22.2. The van der Waals surface area contributed by atoms with E-state index in [-0.39, 0.29) is 11.2 Å². The SMILES string of the molecule is COc1ccc2c(c1)c(C1=C(Nc3ccccc3)C(=O)NC1=O)cn2CCC(C)(C)N. The molecule has 0 fully saturated rings. The van der Waals surface area contributed by atoms with Gasteiger partial charge in [-0.15, -0.1) is 0 Å². The first kappa shape index (κ1) is 20.7. The van der Waals surface area contributed by atoms with Gasteiger partial charge in [-0.1, -0.05) is 18.2 Å². The maximum Gasteiger partial charge on any atom is 0.275 e. The zero-order valence-electron chi connectivity index (χ0n) is 17.9. The number of amides is 2. The van der Waals surface area contributed by atoms with Crippen LogP contribution in [0, 0.1) is 0 Å². The highest BCUT2D eigenvalue weighted by atomic mass is 16.5. The van der Waals surface area contributed by atoms with Crippen LogP contribution in [0.3, 0.4) is 0 Å². The molecule has 0 saturated carbocycles. The van der Waals surface area contributed by atoms with E-state index in [0.717, 1.165) is 23.0 Å². The van der Waals surface area contributed by atoms with Gasteiger partial charge in [0.1, 0.15) is 11.4 Å². The smallest absolute Gasteiger partial charge is 0.275 e. The predicted octanol–water partition coefficient (Wildman–Crippen LogP) is 3.26. The topological polar surface area (TPSA) is 98.4 Å². The molecule has 160 valence electrons. The van der Waals surface area contributed by atoms with Crippen LogP contribution < -0.4 is 21.1 Å². The number of nitrogens with zero attached hydrogens (tertiary/aromatic N) is 1. The number of fused-ring (bicyclic) bond motifs is 1. The number of rotatable bonds is 7. The van der Waals surface area contributed by atoms with Gasteiger partial charge in [-0.2, -0.15) is 0 Å². The molecule has 4 rings (SSSR count). The minimum atomic E-state index is -0.448. The first-order chi connectivity index (χ1) is 14.8. The Labute approximate surface area is 180 Å². The first-order valence-electron chi connectivity index (χ1n) is 10.1. The zero-order valence-corrected chi connectivity index (χ0v) is 17.9. The lowest BCUT2D eigenvalue weighted by Gasteiger charge is -2.18. The Morgan fingerprint density at radius 1 is 1.10 bits per heavy atom. The number of ether oxygens (including phenoxy) is 1. The van der Waals surface area contributed by atoms with Gasteiger partial charge >= 0.3 is 0 Å². The molecule has 1 aromatic heterocycles. The molecule has 3 aromatic rings. The van der Waals surface area contributed by atoms with Crippen molar-refractivity contribution >= 4 is 34.0 Å². The molecular weight excluding hydrogens is 392 g/mol. The second kappa shape index (κ2) is 7.92. The summed E-state index contributed by atoms with van der Waals surface area (Å²) in [5.41, 5.74) is 8.75. The van der Waals surface area contributed by atoms with Gasteiger partial charge in [0, 0.05) is 40.4 Å². The Morgan fingerprint density at radius 3 is 2.52 bits per heavy atom. The minimum Gasteiger partial charge on any atom is -0.497 e. The number of carbonyl (C=O) groups excluding carboxylic acids is 2. The summed E-state index contributed by atoms with van der Waals surface area (Å²) in [5.74, 6) is -0.200. The molecule has 2 heterocycles. The number of nitrogens with one attached hydrogen (secondary N) is 2. The van der Waals surface area contributed by atoms with Crippen LogP contribution in [-0.4, -0.2) is 29.0 Å². The third-order valence-corrected chi connectivity index (χ3v) is 5.33. The van der Waals surface area contributed by atoms with E-state index in [1.54, 1.807) is 7.11 Å². The molecule has 0 radical (unpaired) electrons. The van der Waals surface area contributed by atoms with Gasteiger partial charge in [0.15, 0.2) is 0 Å². The summed E-state index contributed by atoms with van der Waals surface area (Å²) in [4.78, 5) is 25.4. The number of para-hydroxylation sites is 1. The van der Waals surface area contributed by atoms with Crippen LogP contribution in [0.4, 0.5) is 5.69 Å². The van der Waals surface area contributed by atoms with Crippen molar-refractivity contribution < 1.29 is 14.3 Å². The molecule has 1 aliphatic heterocycles. The fourth-order valence-electron chi connectivity index (χ4n) is 3.69. The summed E-state index contributed by atoms with van der Waals surface area (Å²) in [5, 5.41) is 6.37. The fraction of sp³-hybridized carbons (Fsp3) is 0.250. The Hall–Kier alpha value is -3.58. The molecule has 1 aliphatic rings. The van der Waals surface area contributed by atoms with Gasteiger partial charge in [0.05, 0.1) is 12.7 Å². The van der Waals surface area contributed by atoms with E-state index in [1.165, 1.54) is 0 Å². The first-order valence-corrected chi connectivity index (χ1v) is 10.1. The quantitative estimate of drug-likeness (QED) is 0.512.